The van der Waals surface area contributed by atoms with Crippen LogP contribution in [-0.2, 0) is 11.2 Å². The molecule has 0 heterocycles. The monoisotopic (exact) mass is 340 g/mol. The highest BCUT2D eigenvalue weighted by Gasteiger charge is 2.16. The van der Waals surface area contributed by atoms with Gasteiger partial charge in [-0.2, -0.15) is 0 Å². The quantitative estimate of drug-likeness (QED) is 0.716. The first-order valence-electron chi connectivity index (χ1n) is 8.01. The number of hydrogen-bond donors (Lipinski definition) is 2. The predicted molar refractivity (Wildman–Crippen MR) is 93.1 cm³/mol. The third-order valence-electron chi connectivity index (χ3n) is 4.27. The maximum atomic E-state index is 11.4. The van der Waals surface area contributed by atoms with E-state index < -0.39 is 11.9 Å². The van der Waals surface area contributed by atoms with E-state index in [1.165, 1.54) is 12.1 Å². The van der Waals surface area contributed by atoms with Gasteiger partial charge in [0.25, 0.3) is 0 Å². The Balaban J connectivity index is 2.01. The van der Waals surface area contributed by atoms with Crippen molar-refractivity contribution in [3.8, 4) is 0 Å². The second-order valence-corrected chi connectivity index (χ2v) is 6.17. The van der Waals surface area contributed by atoms with E-state index in [1.54, 1.807) is 36.4 Å². The molecule has 0 bridgehead atoms. The van der Waals surface area contributed by atoms with Gasteiger partial charge in [0.1, 0.15) is 6.29 Å². The molecule has 2 rings (SSSR count). The number of aldehydes is 1. The molecule has 2 atom stereocenters. The Morgan fingerprint density at radius 1 is 0.920 bits per heavy atom. The number of carboxylic acid groups (broad SMARTS) is 2. The standard InChI is InChI=1S/C20H20O5/c1-13(16-6-8-18(9-7-16)20(24)25)10-15(12-21)11-14-2-4-17(5-3-14)19(22)23/h2-9,12-13,15H,10-11H2,1H3,(H,22,23)(H,24,25). The van der Waals surface area contributed by atoms with Gasteiger partial charge in [-0.05, 0) is 54.2 Å². The first-order chi connectivity index (χ1) is 11.9. The molecule has 2 aromatic rings. The minimum Gasteiger partial charge on any atom is -0.478 e. The first-order valence-corrected chi connectivity index (χ1v) is 8.01. The van der Waals surface area contributed by atoms with Crippen molar-refractivity contribution in [2.24, 2.45) is 5.92 Å². The second-order valence-electron chi connectivity index (χ2n) is 6.17. The third-order valence-corrected chi connectivity index (χ3v) is 4.27. The summed E-state index contributed by atoms with van der Waals surface area (Å²) in [7, 11) is 0. The zero-order chi connectivity index (χ0) is 18.4. The van der Waals surface area contributed by atoms with Gasteiger partial charge in [-0.3, -0.25) is 0 Å². The molecule has 2 N–H and O–H groups in total. The second kappa shape index (κ2) is 8.24. The highest BCUT2D eigenvalue weighted by atomic mass is 16.4. The zero-order valence-electron chi connectivity index (χ0n) is 13.9. The smallest absolute Gasteiger partial charge is 0.335 e. The minimum atomic E-state index is -0.975. The number of benzene rings is 2. The van der Waals surface area contributed by atoms with Crippen molar-refractivity contribution in [3.05, 3.63) is 70.8 Å². The molecule has 0 spiro atoms. The molecule has 0 saturated carbocycles. The lowest BCUT2D eigenvalue weighted by Crippen LogP contribution is -2.11. The largest absolute Gasteiger partial charge is 0.478 e. The molecule has 0 aliphatic carbocycles. The first kappa shape index (κ1) is 18.4. The van der Waals surface area contributed by atoms with Crippen molar-refractivity contribution in [1.82, 2.24) is 0 Å². The van der Waals surface area contributed by atoms with Crippen LogP contribution in [0.15, 0.2) is 48.5 Å². The number of aromatic carboxylic acids is 2. The van der Waals surface area contributed by atoms with Gasteiger partial charge in [-0.15, -0.1) is 0 Å². The summed E-state index contributed by atoms with van der Waals surface area (Å²) in [5, 5.41) is 17.8. The van der Waals surface area contributed by atoms with Crippen molar-refractivity contribution in [2.45, 2.75) is 25.7 Å². The molecule has 2 unspecified atom stereocenters. The van der Waals surface area contributed by atoms with E-state index in [9.17, 15) is 14.4 Å². The van der Waals surface area contributed by atoms with Gasteiger partial charge in [0, 0.05) is 5.92 Å². The summed E-state index contributed by atoms with van der Waals surface area (Å²) in [6, 6.07) is 13.2. The lowest BCUT2D eigenvalue weighted by molar-refractivity contribution is -0.111. The third kappa shape index (κ3) is 5.01. The summed E-state index contributed by atoms with van der Waals surface area (Å²) >= 11 is 0. The van der Waals surface area contributed by atoms with E-state index in [2.05, 4.69) is 0 Å². The van der Waals surface area contributed by atoms with Crippen LogP contribution in [0, 0.1) is 5.92 Å². The van der Waals surface area contributed by atoms with E-state index in [-0.39, 0.29) is 23.0 Å². The lowest BCUT2D eigenvalue weighted by atomic mass is 9.87. The van der Waals surface area contributed by atoms with Crippen LogP contribution in [-0.4, -0.2) is 28.4 Å². The molecular formula is C20H20O5. The highest BCUT2D eigenvalue weighted by molar-refractivity contribution is 5.88. The fraction of sp³-hybridized carbons (Fsp3) is 0.250. The maximum absolute atomic E-state index is 11.4. The van der Waals surface area contributed by atoms with Crippen LogP contribution < -0.4 is 0 Å². The van der Waals surface area contributed by atoms with Crippen molar-refractivity contribution in [1.29, 1.82) is 0 Å². The summed E-state index contributed by atoms with van der Waals surface area (Å²) in [6.45, 7) is 2.00. The average molecular weight is 340 g/mol. The Bertz CT molecular complexity index is 747. The number of rotatable bonds is 8. The summed E-state index contributed by atoms with van der Waals surface area (Å²) in [6.07, 6.45) is 2.10. The summed E-state index contributed by atoms with van der Waals surface area (Å²) in [4.78, 5) is 33.2. The fourth-order valence-corrected chi connectivity index (χ4v) is 2.82. The van der Waals surface area contributed by atoms with Gasteiger partial charge >= 0.3 is 11.9 Å². The number of hydrogen-bond acceptors (Lipinski definition) is 3. The van der Waals surface area contributed by atoms with Crippen LogP contribution in [0.1, 0.15) is 51.1 Å². The van der Waals surface area contributed by atoms with Crippen LogP contribution in [0.2, 0.25) is 0 Å². The predicted octanol–water partition coefficient (Wildman–Crippen LogP) is 3.63. The topological polar surface area (TPSA) is 91.7 Å². The number of carboxylic acids is 2. The molecule has 0 saturated heterocycles. The highest BCUT2D eigenvalue weighted by Crippen LogP contribution is 2.25. The Morgan fingerprint density at radius 2 is 1.40 bits per heavy atom. The number of carbonyl (C=O) groups is 3. The molecule has 0 amide bonds. The molecule has 0 aliphatic rings. The molecule has 5 heteroatoms. The van der Waals surface area contributed by atoms with Crippen molar-refractivity contribution in [2.75, 3.05) is 0 Å². The number of carbonyl (C=O) groups excluding carboxylic acids is 1. The molecule has 2 aromatic carbocycles. The van der Waals surface area contributed by atoms with E-state index >= 15 is 0 Å². The SMILES string of the molecule is CC(CC(C=O)Cc1ccc(C(=O)O)cc1)c1ccc(C(=O)O)cc1. The average Bonchev–Trinajstić information content (AvgIpc) is 2.61. The minimum absolute atomic E-state index is 0.108. The molecule has 0 fully saturated rings. The van der Waals surface area contributed by atoms with Gasteiger partial charge in [0.05, 0.1) is 11.1 Å². The van der Waals surface area contributed by atoms with E-state index in [0.29, 0.717) is 12.8 Å². The molecule has 25 heavy (non-hydrogen) atoms. The van der Waals surface area contributed by atoms with Crippen LogP contribution in [0.3, 0.4) is 0 Å². The maximum Gasteiger partial charge on any atom is 0.335 e. The Morgan fingerprint density at radius 3 is 1.84 bits per heavy atom. The normalized spacial score (nSPS) is 13.0. The van der Waals surface area contributed by atoms with Crippen molar-refractivity contribution >= 4 is 18.2 Å². The van der Waals surface area contributed by atoms with Crippen molar-refractivity contribution < 1.29 is 24.6 Å². The summed E-state index contributed by atoms with van der Waals surface area (Å²) in [5.41, 5.74) is 2.35. The summed E-state index contributed by atoms with van der Waals surface area (Å²) in [5.74, 6) is -2.02. The molecule has 0 aromatic heterocycles. The van der Waals surface area contributed by atoms with Crippen LogP contribution in [0.4, 0.5) is 0 Å². The van der Waals surface area contributed by atoms with Crippen LogP contribution in [0.25, 0.3) is 0 Å². The molecular weight excluding hydrogens is 320 g/mol. The van der Waals surface area contributed by atoms with Gasteiger partial charge in [0.2, 0.25) is 0 Å². The van der Waals surface area contributed by atoms with E-state index in [1.807, 2.05) is 6.92 Å². The Hall–Kier alpha value is -2.95. The van der Waals surface area contributed by atoms with Gasteiger partial charge in [-0.1, -0.05) is 31.2 Å². The van der Waals surface area contributed by atoms with Gasteiger partial charge in [0.15, 0.2) is 0 Å². The van der Waals surface area contributed by atoms with E-state index in [0.717, 1.165) is 17.4 Å². The van der Waals surface area contributed by atoms with Gasteiger partial charge in [-0.25, -0.2) is 9.59 Å². The molecule has 0 aliphatic heterocycles. The van der Waals surface area contributed by atoms with Gasteiger partial charge < -0.3 is 15.0 Å². The Labute approximate surface area is 145 Å². The van der Waals surface area contributed by atoms with Crippen molar-refractivity contribution in [3.63, 3.8) is 0 Å². The lowest BCUT2D eigenvalue weighted by Gasteiger charge is -2.17. The fourth-order valence-electron chi connectivity index (χ4n) is 2.82. The zero-order valence-corrected chi connectivity index (χ0v) is 13.9. The molecule has 5 nitrogen and oxygen atoms in total. The van der Waals surface area contributed by atoms with Crippen LogP contribution >= 0.6 is 0 Å². The molecule has 0 radical (unpaired) electrons. The van der Waals surface area contributed by atoms with Crippen LogP contribution in [0.5, 0.6) is 0 Å². The summed E-state index contributed by atoms with van der Waals surface area (Å²) < 4.78 is 0. The Kier molecular flexibility index (Phi) is 6.06. The van der Waals surface area contributed by atoms with E-state index in [4.69, 9.17) is 10.2 Å². The molecule has 130 valence electrons.